The minimum absolute atomic E-state index is 0. The highest BCUT2D eigenvalue weighted by Gasteiger charge is 2.26. The first kappa shape index (κ1) is 23.0. The van der Waals surface area contributed by atoms with Crippen LogP contribution in [0, 0.1) is 0 Å². The Labute approximate surface area is 131 Å². The number of phosphoric ester groups is 1. The fourth-order valence-electron chi connectivity index (χ4n) is 1.75. The molecule has 0 saturated heterocycles. The van der Waals surface area contributed by atoms with Crippen LogP contribution in [0.25, 0.3) is 0 Å². The van der Waals surface area contributed by atoms with E-state index in [9.17, 15) is 13.8 Å². The zero-order chi connectivity index (χ0) is 15.2. The lowest BCUT2D eigenvalue weighted by atomic mass is 10.0. The number of carbonyl (C=O) groups excluding carboxylic acids is 1. The van der Waals surface area contributed by atoms with E-state index in [-0.39, 0.29) is 32.6 Å². The van der Waals surface area contributed by atoms with Crippen molar-refractivity contribution in [2.45, 2.75) is 53.6 Å². The molecule has 0 aliphatic rings. The van der Waals surface area contributed by atoms with Crippen LogP contribution < -0.4 is 4.52 Å². The van der Waals surface area contributed by atoms with Gasteiger partial charge in [-0.1, -0.05) is 52.8 Å². The van der Waals surface area contributed by atoms with E-state index >= 15 is 0 Å². The van der Waals surface area contributed by atoms with Gasteiger partial charge in [0.2, 0.25) is 0 Å². The largest absolute Gasteiger partial charge is 0.524 e. The molecule has 0 fully saturated rings. The van der Waals surface area contributed by atoms with Gasteiger partial charge in [-0.2, -0.15) is 0 Å². The molecule has 128 valence electrons. The Kier molecular flexibility index (Phi) is 11.0. The molecule has 0 aromatic heterocycles. The number of alkyl halides is 1. The summed E-state index contributed by atoms with van der Waals surface area (Å²) in [5, 5.41) is 0. The van der Waals surface area contributed by atoms with Crippen molar-refractivity contribution in [2.24, 2.45) is 0 Å². The topological polar surface area (TPSA) is 83.8 Å². The Morgan fingerprint density at radius 3 is 2.41 bits per heavy atom. The third-order valence-corrected chi connectivity index (χ3v) is 3.15. The lowest BCUT2D eigenvalue weighted by Crippen LogP contribution is -2.09. The Balaban J connectivity index is 0. The van der Waals surface area contributed by atoms with Crippen molar-refractivity contribution in [3.8, 4) is 5.75 Å². The van der Waals surface area contributed by atoms with Crippen molar-refractivity contribution in [1.82, 2.24) is 0 Å². The molecule has 1 aromatic rings. The molecule has 5 nitrogen and oxygen atoms in total. The molecule has 22 heavy (non-hydrogen) atoms. The summed E-state index contributed by atoms with van der Waals surface area (Å²) in [6, 6.07) is 5.43. The molecule has 0 amide bonds. The number of hydrogen-bond donors (Lipinski definition) is 2. The fourth-order valence-corrected chi connectivity index (χ4v) is 2.17. The van der Waals surface area contributed by atoms with Crippen LogP contribution in [-0.2, 0) is 9.36 Å². The molecular formula is C15H26FO5P. The second kappa shape index (κ2) is 10.5. The predicted octanol–water partition coefficient (Wildman–Crippen LogP) is 4.59. The second-order valence-electron chi connectivity index (χ2n) is 4.41. The molecule has 2 N–H and O–H groups in total. The molecule has 0 radical (unpaired) electrons. The highest BCUT2D eigenvalue weighted by Crippen LogP contribution is 2.41. The Bertz CT molecular complexity index is 500. The molecule has 7 heteroatoms. The van der Waals surface area contributed by atoms with Crippen LogP contribution >= 0.6 is 7.82 Å². The van der Waals surface area contributed by atoms with Gasteiger partial charge in [-0.05, 0) is 12.5 Å². The van der Waals surface area contributed by atoms with Gasteiger partial charge >= 0.3 is 7.82 Å². The molecule has 1 atom stereocenters. The predicted molar refractivity (Wildman–Crippen MR) is 85.6 cm³/mol. The molecule has 0 saturated carbocycles. The first-order chi connectivity index (χ1) is 9.35. The van der Waals surface area contributed by atoms with Gasteiger partial charge in [-0.25, -0.2) is 8.96 Å². The van der Waals surface area contributed by atoms with Gasteiger partial charge in [-0.15, -0.1) is 0 Å². The van der Waals surface area contributed by atoms with Gasteiger partial charge in [0.25, 0.3) is 0 Å². The van der Waals surface area contributed by atoms with E-state index in [0.717, 1.165) is 12.8 Å². The van der Waals surface area contributed by atoms with Gasteiger partial charge in [0.05, 0.1) is 0 Å². The number of para-hydroxylation sites is 1. The monoisotopic (exact) mass is 336 g/mol. The smallest absolute Gasteiger partial charge is 0.404 e. The molecule has 1 aromatic carbocycles. The molecular weight excluding hydrogens is 310 g/mol. The van der Waals surface area contributed by atoms with Crippen LogP contribution in [0.5, 0.6) is 5.75 Å². The minimum Gasteiger partial charge on any atom is -0.404 e. The van der Waals surface area contributed by atoms with Crippen LogP contribution in [0.3, 0.4) is 0 Å². The lowest BCUT2D eigenvalue weighted by Gasteiger charge is -2.14. The quantitative estimate of drug-likeness (QED) is 0.536. The van der Waals surface area contributed by atoms with Gasteiger partial charge in [0, 0.05) is 12.0 Å². The van der Waals surface area contributed by atoms with Crippen molar-refractivity contribution in [2.75, 3.05) is 0 Å². The first-order valence-corrected chi connectivity index (χ1v) is 7.89. The van der Waals surface area contributed by atoms with E-state index < -0.39 is 19.8 Å². The number of unbranched alkanes of at least 4 members (excludes halogenated alkanes) is 2. The van der Waals surface area contributed by atoms with Crippen molar-refractivity contribution in [3.05, 3.63) is 29.8 Å². The number of rotatable bonds is 8. The average molecular weight is 336 g/mol. The lowest BCUT2D eigenvalue weighted by molar-refractivity contribution is -0.124. The van der Waals surface area contributed by atoms with Crippen molar-refractivity contribution in [3.63, 3.8) is 0 Å². The van der Waals surface area contributed by atoms with Crippen LogP contribution in [0.1, 0.15) is 59.2 Å². The van der Waals surface area contributed by atoms with E-state index in [1.165, 1.54) is 24.3 Å². The van der Waals surface area contributed by atoms with Crippen molar-refractivity contribution in [1.29, 1.82) is 0 Å². The minimum atomic E-state index is -4.79. The van der Waals surface area contributed by atoms with Crippen molar-refractivity contribution < 1.29 is 28.1 Å². The third kappa shape index (κ3) is 7.69. The average Bonchev–Trinajstić information content (AvgIpc) is 2.37. The summed E-state index contributed by atoms with van der Waals surface area (Å²) in [7, 11) is -4.79. The standard InChI is InChI=1S/C13H18FO5P.2CH4/c1-2-3-4-8-11(15)13(14)10-7-5-6-9-12(10)19-20(16,17)18;;/h5-7,9,13H,2-4,8H2,1H3,(H2,16,17,18);2*1H4. The van der Waals surface area contributed by atoms with E-state index in [1.54, 1.807) is 0 Å². The van der Waals surface area contributed by atoms with Crippen LogP contribution in [-0.4, -0.2) is 15.6 Å². The first-order valence-electron chi connectivity index (χ1n) is 6.36. The van der Waals surface area contributed by atoms with Crippen molar-refractivity contribution >= 4 is 13.6 Å². The molecule has 0 aliphatic heterocycles. The van der Waals surface area contributed by atoms with Gasteiger partial charge < -0.3 is 4.52 Å². The number of ketones is 1. The van der Waals surface area contributed by atoms with Gasteiger partial charge in [-0.3, -0.25) is 14.6 Å². The summed E-state index contributed by atoms with van der Waals surface area (Å²) in [4.78, 5) is 29.3. The number of halogens is 1. The summed E-state index contributed by atoms with van der Waals surface area (Å²) < 4.78 is 29.3. The van der Waals surface area contributed by atoms with E-state index in [0.29, 0.717) is 6.42 Å². The van der Waals surface area contributed by atoms with Gasteiger partial charge in [0.15, 0.2) is 12.0 Å². The number of benzene rings is 1. The summed E-state index contributed by atoms with van der Waals surface area (Å²) in [5.74, 6) is -0.919. The maximum absolute atomic E-state index is 14.1. The summed E-state index contributed by atoms with van der Waals surface area (Å²) in [5.41, 5.74) is -0.155. The van der Waals surface area contributed by atoms with Gasteiger partial charge in [0.1, 0.15) is 5.75 Å². The number of carbonyl (C=O) groups is 1. The van der Waals surface area contributed by atoms with Crippen LogP contribution in [0.2, 0.25) is 0 Å². The highest BCUT2D eigenvalue weighted by atomic mass is 31.2. The SMILES string of the molecule is C.C.CCCCCC(=O)C(F)c1ccccc1OP(=O)(O)O. The Morgan fingerprint density at radius 1 is 1.27 bits per heavy atom. The molecule has 0 aliphatic carbocycles. The Morgan fingerprint density at radius 2 is 1.86 bits per heavy atom. The maximum atomic E-state index is 14.1. The molecule has 0 bridgehead atoms. The van der Waals surface area contributed by atoms with Crippen LogP contribution in [0.4, 0.5) is 4.39 Å². The fraction of sp³-hybridized carbons (Fsp3) is 0.533. The zero-order valence-electron chi connectivity index (χ0n) is 11.2. The van der Waals surface area contributed by atoms with E-state index in [4.69, 9.17) is 9.79 Å². The highest BCUT2D eigenvalue weighted by molar-refractivity contribution is 7.46. The normalized spacial score (nSPS) is 11.8. The summed E-state index contributed by atoms with van der Waals surface area (Å²) >= 11 is 0. The maximum Gasteiger partial charge on any atom is 0.524 e. The van der Waals surface area contributed by atoms with Crippen LogP contribution in [0.15, 0.2) is 24.3 Å². The Hall–Kier alpha value is -1.23. The van der Waals surface area contributed by atoms with E-state index in [1.807, 2.05) is 6.92 Å². The summed E-state index contributed by atoms with van der Waals surface area (Å²) in [6.07, 6.45) is 0.507. The molecule has 0 spiro atoms. The number of hydrogen-bond acceptors (Lipinski definition) is 3. The number of phosphoric acid groups is 1. The number of Topliss-reactive ketones (excluding diaryl/α,β-unsaturated/α-hetero) is 1. The summed E-state index contributed by atoms with van der Waals surface area (Å²) in [6.45, 7) is 1.97. The van der Waals surface area contributed by atoms with E-state index in [2.05, 4.69) is 4.52 Å². The molecule has 0 heterocycles. The molecule has 1 rings (SSSR count). The second-order valence-corrected chi connectivity index (χ2v) is 5.57. The third-order valence-electron chi connectivity index (χ3n) is 2.72. The zero-order valence-corrected chi connectivity index (χ0v) is 12.1. The molecule has 1 unspecified atom stereocenters.